The molecule has 156 valence electrons. The molecule has 1 aliphatic rings. The molecule has 1 fully saturated rings. The molecular weight excluding hydrogens is 364 g/mol. The highest BCUT2D eigenvalue weighted by Crippen LogP contribution is 2.18. The minimum atomic E-state index is -0.212. The van der Waals surface area contributed by atoms with E-state index >= 15 is 0 Å². The zero-order valence-electron chi connectivity index (χ0n) is 17.7. The maximum absolute atomic E-state index is 12.5. The Morgan fingerprint density at radius 1 is 0.862 bits per heavy atom. The van der Waals surface area contributed by atoms with Crippen LogP contribution in [0.25, 0.3) is 10.8 Å². The van der Waals surface area contributed by atoms with Crippen LogP contribution in [0.4, 0.5) is 5.69 Å². The lowest BCUT2D eigenvalue weighted by atomic mass is 10.1. The van der Waals surface area contributed by atoms with Gasteiger partial charge >= 0.3 is 0 Å². The van der Waals surface area contributed by atoms with E-state index in [0.717, 1.165) is 49.1 Å². The number of hydrogen-bond donors (Lipinski definition) is 2. The molecule has 3 rings (SSSR count). The fraction of sp³-hybridized carbons (Fsp3) is 0.478. The normalized spacial score (nSPS) is 16.4. The van der Waals surface area contributed by atoms with Gasteiger partial charge in [0.05, 0.1) is 13.1 Å². The average molecular weight is 397 g/mol. The van der Waals surface area contributed by atoms with Crippen LogP contribution >= 0.6 is 0 Å². The molecule has 6 nitrogen and oxygen atoms in total. The summed E-state index contributed by atoms with van der Waals surface area (Å²) in [5, 5.41) is 8.30. The van der Waals surface area contributed by atoms with E-state index in [4.69, 9.17) is 0 Å². The monoisotopic (exact) mass is 396 g/mol. The summed E-state index contributed by atoms with van der Waals surface area (Å²) in [5.74, 6) is 0.0548. The molecule has 6 heteroatoms. The predicted octanol–water partition coefficient (Wildman–Crippen LogP) is 2.70. The Morgan fingerprint density at radius 2 is 1.48 bits per heavy atom. The van der Waals surface area contributed by atoms with Gasteiger partial charge < -0.3 is 10.6 Å². The highest BCUT2D eigenvalue weighted by Gasteiger charge is 2.20. The third-order valence-electron chi connectivity index (χ3n) is 4.96. The Balaban J connectivity index is 1.47. The number of hydrogen-bond acceptors (Lipinski definition) is 4. The van der Waals surface area contributed by atoms with Gasteiger partial charge in [0, 0.05) is 24.3 Å². The van der Waals surface area contributed by atoms with E-state index in [1.807, 2.05) is 57.2 Å². The highest BCUT2D eigenvalue weighted by molar-refractivity contribution is 5.95. The van der Waals surface area contributed by atoms with Crippen LogP contribution in [0, 0.1) is 0 Å². The molecule has 2 amide bonds. The van der Waals surface area contributed by atoms with Crippen molar-refractivity contribution in [2.75, 3.05) is 44.6 Å². The van der Waals surface area contributed by atoms with Crippen LogP contribution in [0.3, 0.4) is 0 Å². The highest BCUT2D eigenvalue weighted by atomic mass is 16.2. The molecule has 2 N–H and O–H groups in total. The zero-order valence-corrected chi connectivity index (χ0v) is 17.7. The molecular formula is C23H32N4O2. The van der Waals surface area contributed by atoms with Crippen LogP contribution < -0.4 is 10.6 Å². The maximum atomic E-state index is 12.5. The SMILES string of the molecule is CC(C)(C)NC(=O)CN1CCCN(CC(=O)Nc2ccc3ccccc3c2)CC1. The van der Waals surface area contributed by atoms with Crippen molar-refractivity contribution in [1.82, 2.24) is 15.1 Å². The first-order valence-corrected chi connectivity index (χ1v) is 10.3. The van der Waals surface area contributed by atoms with Crippen molar-refractivity contribution in [3.05, 3.63) is 42.5 Å². The van der Waals surface area contributed by atoms with Gasteiger partial charge in [-0.05, 0) is 63.2 Å². The number of benzene rings is 2. The first kappa shape index (κ1) is 21.3. The number of nitrogens with zero attached hydrogens (tertiary/aromatic N) is 2. The van der Waals surface area contributed by atoms with Crippen molar-refractivity contribution < 1.29 is 9.59 Å². The molecule has 0 unspecified atom stereocenters. The van der Waals surface area contributed by atoms with Gasteiger partial charge in [0.2, 0.25) is 11.8 Å². The molecule has 1 saturated heterocycles. The smallest absolute Gasteiger partial charge is 0.238 e. The predicted molar refractivity (Wildman–Crippen MR) is 118 cm³/mol. The summed E-state index contributed by atoms with van der Waals surface area (Å²) in [4.78, 5) is 29.0. The standard InChI is InChI=1S/C23H32N4O2/c1-23(2,3)25-22(29)17-27-12-6-11-26(13-14-27)16-21(28)24-20-10-9-18-7-4-5-8-19(18)15-20/h4-5,7-10,15H,6,11-14,16-17H2,1-3H3,(H,24,28)(H,25,29). The molecule has 2 aromatic rings. The molecule has 0 aliphatic carbocycles. The fourth-order valence-corrected chi connectivity index (χ4v) is 3.67. The number of fused-ring (bicyclic) bond motifs is 1. The largest absolute Gasteiger partial charge is 0.350 e. The average Bonchev–Trinajstić information content (AvgIpc) is 2.85. The van der Waals surface area contributed by atoms with Crippen LogP contribution in [-0.4, -0.2) is 66.4 Å². The van der Waals surface area contributed by atoms with Gasteiger partial charge in [-0.15, -0.1) is 0 Å². The Hall–Kier alpha value is -2.44. The molecule has 0 atom stereocenters. The lowest BCUT2D eigenvalue weighted by molar-refractivity contribution is -0.123. The summed E-state index contributed by atoms with van der Waals surface area (Å²) < 4.78 is 0. The summed E-state index contributed by atoms with van der Waals surface area (Å²) in [6, 6.07) is 14.1. The van der Waals surface area contributed by atoms with Gasteiger partial charge in [-0.1, -0.05) is 30.3 Å². The zero-order chi connectivity index (χ0) is 20.9. The number of carbonyl (C=O) groups excluding carboxylic acids is 2. The molecule has 0 spiro atoms. The van der Waals surface area contributed by atoms with Crippen molar-refractivity contribution in [2.45, 2.75) is 32.7 Å². The van der Waals surface area contributed by atoms with Crippen molar-refractivity contribution in [1.29, 1.82) is 0 Å². The molecule has 29 heavy (non-hydrogen) atoms. The van der Waals surface area contributed by atoms with Crippen LogP contribution in [-0.2, 0) is 9.59 Å². The van der Waals surface area contributed by atoms with E-state index in [0.29, 0.717) is 13.1 Å². The number of carbonyl (C=O) groups is 2. The van der Waals surface area contributed by atoms with E-state index in [9.17, 15) is 9.59 Å². The maximum Gasteiger partial charge on any atom is 0.238 e. The number of rotatable bonds is 5. The quantitative estimate of drug-likeness (QED) is 0.816. The van der Waals surface area contributed by atoms with Crippen molar-refractivity contribution >= 4 is 28.3 Å². The first-order valence-electron chi connectivity index (χ1n) is 10.3. The summed E-state index contributed by atoms with van der Waals surface area (Å²) in [6.45, 7) is 10.1. The lowest BCUT2D eigenvalue weighted by Crippen LogP contribution is -2.46. The van der Waals surface area contributed by atoms with E-state index in [-0.39, 0.29) is 17.4 Å². The minimum absolute atomic E-state index is 0.000734. The van der Waals surface area contributed by atoms with Crippen LogP contribution in [0.2, 0.25) is 0 Å². The summed E-state index contributed by atoms with van der Waals surface area (Å²) in [7, 11) is 0. The van der Waals surface area contributed by atoms with Gasteiger partial charge in [0.25, 0.3) is 0 Å². The molecule has 0 aromatic heterocycles. The van der Waals surface area contributed by atoms with E-state index in [2.05, 4.69) is 26.5 Å². The second-order valence-corrected chi connectivity index (χ2v) is 8.81. The Kier molecular flexibility index (Phi) is 6.87. The van der Waals surface area contributed by atoms with Gasteiger partial charge in [-0.2, -0.15) is 0 Å². The number of amides is 2. The molecule has 0 saturated carbocycles. The number of nitrogens with one attached hydrogen (secondary N) is 2. The summed E-state index contributed by atoms with van der Waals surface area (Å²) >= 11 is 0. The molecule has 0 radical (unpaired) electrons. The molecule has 2 aromatic carbocycles. The Bertz CT molecular complexity index is 859. The van der Waals surface area contributed by atoms with Crippen LogP contribution in [0.5, 0.6) is 0 Å². The minimum Gasteiger partial charge on any atom is -0.350 e. The molecule has 0 bridgehead atoms. The third kappa shape index (κ3) is 6.84. The molecule has 1 heterocycles. The third-order valence-corrected chi connectivity index (χ3v) is 4.96. The Morgan fingerprint density at radius 3 is 2.14 bits per heavy atom. The number of anilines is 1. The van der Waals surface area contributed by atoms with Crippen molar-refractivity contribution in [3.63, 3.8) is 0 Å². The van der Waals surface area contributed by atoms with Crippen LogP contribution in [0.15, 0.2) is 42.5 Å². The van der Waals surface area contributed by atoms with E-state index in [1.54, 1.807) is 0 Å². The topological polar surface area (TPSA) is 64.7 Å². The molecule has 1 aliphatic heterocycles. The summed E-state index contributed by atoms with van der Waals surface area (Å²) in [6.07, 6.45) is 0.950. The lowest BCUT2D eigenvalue weighted by Gasteiger charge is -2.25. The second kappa shape index (κ2) is 9.37. The van der Waals surface area contributed by atoms with Gasteiger partial charge in [0.1, 0.15) is 0 Å². The Labute approximate surface area is 173 Å². The van der Waals surface area contributed by atoms with E-state index in [1.165, 1.54) is 0 Å². The van der Waals surface area contributed by atoms with Crippen molar-refractivity contribution in [3.8, 4) is 0 Å². The first-order chi connectivity index (χ1) is 13.8. The van der Waals surface area contributed by atoms with E-state index < -0.39 is 0 Å². The van der Waals surface area contributed by atoms with Gasteiger partial charge in [-0.25, -0.2) is 0 Å². The fourth-order valence-electron chi connectivity index (χ4n) is 3.67. The van der Waals surface area contributed by atoms with Gasteiger partial charge in [-0.3, -0.25) is 19.4 Å². The van der Waals surface area contributed by atoms with Gasteiger partial charge in [0.15, 0.2) is 0 Å². The second-order valence-electron chi connectivity index (χ2n) is 8.81. The van der Waals surface area contributed by atoms with Crippen LogP contribution in [0.1, 0.15) is 27.2 Å². The summed E-state index contributed by atoms with van der Waals surface area (Å²) in [5.41, 5.74) is 0.611. The van der Waals surface area contributed by atoms with Crippen molar-refractivity contribution in [2.24, 2.45) is 0 Å².